The molecular formula is C19H24O7. The van der Waals surface area contributed by atoms with Crippen molar-refractivity contribution < 1.29 is 33.6 Å². The van der Waals surface area contributed by atoms with Gasteiger partial charge in [-0.1, -0.05) is 6.92 Å². The summed E-state index contributed by atoms with van der Waals surface area (Å²) in [4.78, 5) is 25.5. The van der Waals surface area contributed by atoms with E-state index in [9.17, 15) is 14.7 Å². The van der Waals surface area contributed by atoms with Crippen LogP contribution in [0.3, 0.4) is 0 Å². The number of allylic oxidation sites excluding steroid dienone is 1. The molecule has 0 aromatic carbocycles. The van der Waals surface area contributed by atoms with Crippen LogP contribution in [0.15, 0.2) is 11.8 Å². The highest BCUT2D eigenvalue weighted by Gasteiger charge is 2.81. The van der Waals surface area contributed by atoms with Crippen LogP contribution in [-0.4, -0.2) is 52.7 Å². The van der Waals surface area contributed by atoms with Gasteiger partial charge in [-0.3, -0.25) is 9.59 Å². The summed E-state index contributed by atoms with van der Waals surface area (Å²) in [6, 6.07) is 0. The van der Waals surface area contributed by atoms with Gasteiger partial charge >= 0.3 is 5.97 Å². The van der Waals surface area contributed by atoms with Crippen LogP contribution in [-0.2, 0) is 28.5 Å². The molecule has 5 heterocycles. The Morgan fingerprint density at radius 3 is 2.54 bits per heavy atom. The van der Waals surface area contributed by atoms with Crippen molar-refractivity contribution >= 4 is 11.8 Å². The van der Waals surface area contributed by atoms with Crippen LogP contribution in [0, 0.1) is 17.3 Å². The fourth-order valence-corrected chi connectivity index (χ4v) is 5.43. The molecule has 5 aliphatic rings. The fraction of sp³-hybridized carbons (Fsp3) is 0.789. The lowest BCUT2D eigenvalue weighted by Crippen LogP contribution is -2.57. The molecule has 7 nitrogen and oxygen atoms in total. The van der Waals surface area contributed by atoms with Crippen molar-refractivity contribution in [3.05, 3.63) is 11.8 Å². The molecule has 0 spiro atoms. The molecule has 2 bridgehead atoms. The first-order chi connectivity index (χ1) is 12.0. The molecular weight excluding hydrogens is 340 g/mol. The first-order valence-corrected chi connectivity index (χ1v) is 9.24. The molecule has 142 valence electrons. The summed E-state index contributed by atoms with van der Waals surface area (Å²) < 4.78 is 23.4. The molecule has 5 rings (SSSR count). The number of ether oxygens (including phenoxy) is 4. The summed E-state index contributed by atoms with van der Waals surface area (Å²) in [7, 11) is 0. The Morgan fingerprint density at radius 1 is 1.19 bits per heavy atom. The highest BCUT2D eigenvalue weighted by atomic mass is 16.7. The molecule has 0 saturated carbocycles. The number of ketones is 1. The van der Waals surface area contributed by atoms with Gasteiger partial charge in [0.1, 0.15) is 22.9 Å². The lowest BCUT2D eigenvalue weighted by atomic mass is 9.65. The Balaban J connectivity index is 1.64. The van der Waals surface area contributed by atoms with Gasteiger partial charge in [0.2, 0.25) is 11.6 Å². The third-order valence-corrected chi connectivity index (χ3v) is 7.27. The van der Waals surface area contributed by atoms with Gasteiger partial charge in [0.15, 0.2) is 5.60 Å². The third kappa shape index (κ3) is 1.70. The van der Waals surface area contributed by atoms with Crippen molar-refractivity contribution in [2.24, 2.45) is 17.3 Å². The van der Waals surface area contributed by atoms with E-state index in [1.54, 1.807) is 26.8 Å². The predicted molar refractivity (Wildman–Crippen MR) is 86.6 cm³/mol. The number of hydrogen-bond acceptors (Lipinski definition) is 7. The van der Waals surface area contributed by atoms with Crippen molar-refractivity contribution in [3.8, 4) is 0 Å². The summed E-state index contributed by atoms with van der Waals surface area (Å²) in [6.07, 6.45) is 1.38. The summed E-state index contributed by atoms with van der Waals surface area (Å²) in [6.45, 7) is 7.47. The van der Waals surface area contributed by atoms with Crippen molar-refractivity contribution in [3.63, 3.8) is 0 Å². The maximum atomic E-state index is 12.9. The number of rotatable bonds is 1. The Bertz CT molecular complexity index is 755. The van der Waals surface area contributed by atoms with E-state index in [1.807, 2.05) is 6.92 Å². The summed E-state index contributed by atoms with van der Waals surface area (Å²) >= 11 is 0. The van der Waals surface area contributed by atoms with Crippen LogP contribution in [0.4, 0.5) is 0 Å². The largest absolute Gasteiger partial charge is 0.483 e. The molecule has 0 aromatic heterocycles. The van der Waals surface area contributed by atoms with Gasteiger partial charge in [-0.15, -0.1) is 0 Å². The molecule has 5 aliphatic heterocycles. The van der Waals surface area contributed by atoms with Crippen molar-refractivity contribution in [1.29, 1.82) is 0 Å². The second-order valence-electron chi connectivity index (χ2n) is 9.08. The van der Waals surface area contributed by atoms with Crippen LogP contribution >= 0.6 is 0 Å². The van der Waals surface area contributed by atoms with Crippen LogP contribution in [0.2, 0.25) is 0 Å². The van der Waals surface area contributed by atoms with E-state index in [2.05, 4.69) is 0 Å². The number of hydrogen-bond donors (Lipinski definition) is 1. The molecule has 0 amide bonds. The third-order valence-electron chi connectivity index (χ3n) is 7.27. The first-order valence-electron chi connectivity index (χ1n) is 9.24. The molecule has 8 atom stereocenters. The molecule has 7 heteroatoms. The standard InChI is InChI=1S/C19H24O7/c1-9-5-11-14-12(7-16(2)13(20)6-10(9)25-16)26-19(22,17(3)8-23-17)18(14,4)15(21)24-11/h6,9,11-12,14,22H,5,7-8H2,1-4H3/t9-,11+,12-,14+,16-,17+,18+,19+/m0/s1. The van der Waals surface area contributed by atoms with E-state index < -0.39 is 40.6 Å². The minimum atomic E-state index is -1.79. The number of fused-ring (bicyclic) bond motifs is 2. The van der Waals surface area contributed by atoms with E-state index in [0.717, 1.165) is 0 Å². The lowest BCUT2D eigenvalue weighted by molar-refractivity contribution is -0.271. The van der Waals surface area contributed by atoms with Crippen molar-refractivity contribution in [1.82, 2.24) is 0 Å². The second-order valence-corrected chi connectivity index (χ2v) is 9.08. The quantitative estimate of drug-likeness (QED) is 0.549. The number of carbonyl (C=O) groups is 2. The van der Waals surface area contributed by atoms with Crippen LogP contribution in [0.25, 0.3) is 0 Å². The van der Waals surface area contributed by atoms with Gasteiger partial charge in [0.05, 0.1) is 12.7 Å². The number of aliphatic hydroxyl groups is 1. The van der Waals surface area contributed by atoms with E-state index in [0.29, 0.717) is 18.8 Å². The highest BCUT2D eigenvalue weighted by Crippen LogP contribution is 2.64. The van der Waals surface area contributed by atoms with E-state index in [4.69, 9.17) is 18.9 Å². The number of esters is 1. The normalized spacial score (nSPS) is 57.5. The molecule has 26 heavy (non-hydrogen) atoms. The van der Waals surface area contributed by atoms with Gasteiger partial charge in [-0.2, -0.15) is 0 Å². The maximum Gasteiger partial charge on any atom is 0.318 e. The fourth-order valence-electron chi connectivity index (χ4n) is 5.43. The predicted octanol–water partition coefficient (Wildman–Crippen LogP) is 1.08. The van der Waals surface area contributed by atoms with Gasteiger partial charge in [-0.05, 0) is 27.2 Å². The monoisotopic (exact) mass is 364 g/mol. The second kappa shape index (κ2) is 4.51. The average molecular weight is 364 g/mol. The van der Waals surface area contributed by atoms with Crippen LogP contribution < -0.4 is 0 Å². The summed E-state index contributed by atoms with van der Waals surface area (Å²) in [5, 5.41) is 11.5. The molecule has 4 fully saturated rings. The Hall–Kier alpha value is -1.44. The minimum absolute atomic E-state index is 0.0684. The number of epoxide rings is 1. The molecule has 1 N–H and O–H groups in total. The molecule has 0 unspecified atom stereocenters. The minimum Gasteiger partial charge on any atom is -0.483 e. The zero-order valence-electron chi connectivity index (χ0n) is 15.4. The van der Waals surface area contributed by atoms with Gasteiger partial charge < -0.3 is 24.1 Å². The van der Waals surface area contributed by atoms with Crippen molar-refractivity contribution in [2.45, 2.75) is 69.7 Å². The zero-order chi connectivity index (χ0) is 18.7. The Labute approximate surface area is 151 Å². The molecule has 0 aliphatic carbocycles. The Kier molecular flexibility index (Phi) is 2.90. The molecule has 0 radical (unpaired) electrons. The zero-order valence-corrected chi connectivity index (χ0v) is 15.4. The van der Waals surface area contributed by atoms with Crippen LogP contribution in [0.1, 0.15) is 40.5 Å². The lowest BCUT2D eigenvalue weighted by Gasteiger charge is -2.37. The van der Waals surface area contributed by atoms with Gasteiger partial charge in [0, 0.05) is 24.3 Å². The summed E-state index contributed by atoms with van der Waals surface area (Å²) in [5.41, 5.74) is -3.25. The van der Waals surface area contributed by atoms with E-state index >= 15 is 0 Å². The van der Waals surface area contributed by atoms with Gasteiger partial charge in [-0.25, -0.2) is 0 Å². The van der Waals surface area contributed by atoms with E-state index in [1.165, 1.54) is 0 Å². The SMILES string of the molecule is C[C@H]1C[C@H]2OC(=O)[C@@]3(C)[C@H]2[C@H](C[C@]2(C)OC1=CC2=O)O[C@]3(O)[C@@]1(C)CO1. The first kappa shape index (κ1) is 16.7. The van der Waals surface area contributed by atoms with Gasteiger partial charge in [0.25, 0.3) is 0 Å². The topological polar surface area (TPSA) is 94.6 Å². The highest BCUT2D eigenvalue weighted by molar-refractivity contribution is 5.99. The maximum absolute atomic E-state index is 12.9. The summed E-state index contributed by atoms with van der Waals surface area (Å²) in [5.74, 6) is -2.15. The average Bonchev–Trinajstić information content (AvgIpc) is 3.07. The number of carbonyl (C=O) groups excluding carboxylic acids is 2. The van der Waals surface area contributed by atoms with Crippen molar-refractivity contribution in [2.75, 3.05) is 6.61 Å². The smallest absolute Gasteiger partial charge is 0.318 e. The van der Waals surface area contributed by atoms with E-state index in [-0.39, 0.29) is 24.0 Å². The van der Waals surface area contributed by atoms with Crippen LogP contribution in [0.5, 0.6) is 0 Å². The molecule has 0 aromatic rings. The Morgan fingerprint density at radius 2 is 1.88 bits per heavy atom. The molecule has 4 saturated heterocycles.